The maximum atomic E-state index is 13.2. The minimum Gasteiger partial charge on any atom is -0.462 e. The van der Waals surface area contributed by atoms with Crippen LogP contribution in [0.15, 0.2) is 0 Å². The van der Waals surface area contributed by atoms with Gasteiger partial charge in [-0.25, -0.2) is 9.13 Å². The van der Waals surface area contributed by atoms with E-state index in [9.17, 15) is 43.2 Å². The number of carbonyl (C=O) groups is 4. The van der Waals surface area contributed by atoms with Gasteiger partial charge in [0.25, 0.3) is 0 Å². The van der Waals surface area contributed by atoms with Crippen molar-refractivity contribution >= 4 is 39.5 Å². The second kappa shape index (κ2) is 77.0. The fourth-order valence-corrected chi connectivity index (χ4v) is 15.1. The van der Waals surface area contributed by atoms with Gasteiger partial charge < -0.3 is 33.8 Å². The quantitative estimate of drug-likeness (QED) is 0.0222. The van der Waals surface area contributed by atoms with Crippen LogP contribution in [-0.4, -0.2) is 96.7 Å². The summed E-state index contributed by atoms with van der Waals surface area (Å²) in [6.45, 7) is 12.0. The second-order valence-corrected chi connectivity index (χ2v) is 35.6. The molecule has 19 heteroatoms. The Morgan fingerprint density at radius 3 is 0.642 bits per heavy atom. The third kappa shape index (κ3) is 80.1. The van der Waals surface area contributed by atoms with Crippen LogP contribution in [0, 0.1) is 17.8 Å². The number of hydrogen-bond donors (Lipinski definition) is 3. The van der Waals surface area contributed by atoms with Crippen molar-refractivity contribution in [2.45, 2.75) is 478 Å². The van der Waals surface area contributed by atoms with Gasteiger partial charge in [0, 0.05) is 25.7 Å². The van der Waals surface area contributed by atoms with Crippen molar-refractivity contribution in [3.05, 3.63) is 0 Å². The van der Waals surface area contributed by atoms with Gasteiger partial charge >= 0.3 is 39.5 Å². The molecule has 0 saturated heterocycles. The number of aliphatic hydroxyl groups is 1. The van der Waals surface area contributed by atoms with Crippen molar-refractivity contribution in [2.75, 3.05) is 39.6 Å². The smallest absolute Gasteiger partial charge is 0.462 e. The second-order valence-electron chi connectivity index (χ2n) is 32.7. The van der Waals surface area contributed by atoms with Crippen LogP contribution in [0.5, 0.6) is 0 Å². The standard InChI is InChI=1S/C87H170O17P2/c1-8-9-10-11-12-13-14-15-16-17-18-19-20-21-26-29-32-42-49-56-63-70-86(91)103-82(74-97-84(89)68-61-54-47-40-31-28-25-23-22-24-27-30-37-44-51-58-65-78(2)3)76-101-105(93,94)99-72-81(88)73-100-106(95,96)102-77-83(104-87(92)71-64-57-50-43-36-34-39-46-53-60-67-80(6)7)75-98-85(90)69-62-55-48-41-35-33-38-45-52-59-66-79(4)5/h78-83,88H,8-77H2,1-7H3,(H,93,94)(H,95,96)/t81-,82-,83-/m1/s1. The van der Waals surface area contributed by atoms with Crippen LogP contribution in [0.2, 0.25) is 0 Å². The highest BCUT2D eigenvalue weighted by Crippen LogP contribution is 2.45. The molecule has 0 heterocycles. The molecule has 0 spiro atoms. The molecule has 0 radical (unpaired) electrons. The van der Waals surface area contributed by atoms with Crippen LogP contribution < -0.4 is 0 Å². The lowest BCUT2D eigenvalue weighted by atomic mass is 10.0. The third-order valence-corrected chi connectivity index (χ3v) is 22.3. The number of ether oxygens (including phenoxy) is 4. The first-order valence-corrected chi connectivity index (χ1v) is 47.8. The van der Waals surface area contributed by atoms with Crippen molar-refractivity contribution in [3.8, 4) is 0 Å². The van der Waals surface area contributed by atoms with Crippen LogP contribution in [0.3, 0.4) is 0 Å². The maximum absolute atomic E-state index is 13.2. The zero-order valence-electron chi connectivity index (χ0n) is 69.9. The summed E-state index contributed by atoms with van der Waals surface area (Å²) in [7, 11) is -9.93. The first-order chi connectivity index (χ1) is 51.2. The van der Waals surface area contributed by atoms with Crippen LogP contribution in [-0.2, 0) is 65.4 Å². The van der Waals surface area contributed by atoms with E-state index in [1.807, 2.05) is 0 Å². The summed E-state index contributed by atoms with van der Waals surface area (Å²) in [5.74, 6) is 0.219. The van der Waals surface area contributed by atoms with Gasteiger partial charge in [0.15, 0.2) is 12.2 Å². The Hall–Kier alpha value is -1.94. The number of phosphoric ester groups is 2. The molecule has 3 N–H and O–H groups in total. The van der Waals surface area contributed by atoms with Crippen LogP contribution in [0.25, 0.3) is 0 Å². The zero-order valence-corrected chi connectivity index (χ0v) is 71.7. The Balaban J connectivity index is 5.24. The number of esters is 4. The lowest BCUT2D eigenvalue weighted by Crippen LogP contribution is -2.30. The monoisotopic (exact) mass is 1550 g/mol. The molecule has 0 fully saturated rings. The molecule has 630 valence electrons. The minimum absolute atomic E-state index is 0.106. The van der Waals surface area contributed by atoms with Gasteiger partial charge in [-0.3, -0.25) is 37.3 Å². The van der Waals surface area contributed by atoms with Gasteiger partial charge in [-0.05, 0) is 43.4 Å². The average molecular weight is 1550 g/mol. The summed E-state index contributed by atoms with van der Waals surface area (Å²) < 4.78 is 68.9. The van der Waals surface area contributed by atoms with Gasteiger partial charge in [0.2, 0.25) is 0 Å². The molecule has 5 atom stereocenters. The van der Waals surface area contributed by atoms with E-state index in [0.29, 0.717) is 25.7 Å². The molecule has 0 aromatic heterocycles. The number of carbonyl (C=O) groups excluding carboxylic acids is 4. The molecule has 106 heavy (non-hydrogen) atoms. The molecule has 0 rings (SSSR count). The summed E-state index contributed by atoms with van der Waals surface area (Å²) in [6.07, 6.45) is 68.1. The molecule has 0 bridgehead atoms. The SMILES string of the molecule is CCCCCCCCCCCCCCCCCCCCCCCC(=O)O[C@H](COC(=O)CCCCCCCCCCCCCCCCCCC(C)C)COP(=O)(O)OC[C@@H](O)COP(=O)(O)OC[C@@H](COC(=O)CCCCCCCCCCCCC(C)C)OC(=O)CCCCCCCCCCCCC(C)C. The highest BCUT2D eigenvalue weighted by molar-refractivity contribution is 7.47. The minimum atomic E-state index is -4.97. The number of hydrogen-bond acceptors (Lipinski definition) is 15. The van der Waals surface area contributed by atoms with E-state index >= 15 is 0 Å². The molecular formula is C87H170O17P2. The Morgan fingerprint density at radius 2 is 0.434 bits per heavy atom. The molecule has 0 aliphatic carbocycles. The summed E-state index contributed by atoms with van der Waals surface area (Å²) >= 11 is 0. The fraction of sp³-hybridized carbons (Fsp3) is 0.954. The number of aliphatic hydroxyl groups excluding tert-OH is 1. The zero-order chi connectivity index (χ0) is 77.9. The van der Waals surface area contributed by atoms with Gasteiger partial charge in [-0.15, -0.1) is 0 Å². The summed E-state index contributed by atoms with van der Waals surface area (Å²) in [6, 6.07) is 0. The Kier molecular flexibility index (Phi) is 75.6. The third-order valence-electron chi connectivity index (χ3n) is 20.4. The van der Waals surface area contributed by atoms with Gasteiger partial charge in [0.05, 0.1) is 26.4 Å². The molecular weight excluding hydrogens is 1380 g/mol. The van der Waals surface area contributed by atoms with E-state index in [1.54, 1.807) is 0 Å². The van der Waals surface area contributed by atoms with E-state index in [1.165, 1.54) is 270 Å². The molecule has 0 saturated carbocycles. The molecule has 17 nitrogen and oxygen atoms in total. The van der Waals surface area contributed by atoms with E-state index < -0.39 is 97.5 Å². The molecule has 0 amide bonds. The fourth-order valence-electron chi connectivity index (χ4n) is 13.5. The first kappa shape index (κ1) is 104. The molecule has 0 aromatic carbocycles. The highest BCUT2D eigenvalue weighted by Gasteiger charge is 2.30. The number of phosphoric acid groups is 2. The number of rotatable bonds is 85. The predicted octanol–water partition coefficient (Wildman–Crippen LogP) is 26.5. The van der Waals surface area contributed by atoms with Crippen molar-refractivity contribution < 1.29 is 80.2 Å². The molecule has 0 aliphatic heterocycles. The Morgan fingerprint density at radius 1 is 0.255 bits per heavy atom. The highest BCUT2D eigenvalue weighted by atomic mass is 31.2. The topological polar surface area (TPSA) is 237 Å². The van der Waals surface area contributed by atoms with E-state index in [2.05, 4.69) is 48.5 Å². The predicted molar refractivity (Wildman–Crippen MR) is 437 cm³/mol. The lowest BCUT2D eigenvalue weighted by molar-refractivity contribution is -0.161. The van der Waals surface area contributed by atoms with E-state index in [0.717, 1.165) is 108 Å². The Bertz CT molecular complexity index is 2040. The van der Waals surface area contributed by atoms with Crippen molar-refractivity contribution in [2.24, 2.45) is 17.8 Å². The summed E-state index contributed by atoms with van der Waals surface area (Å²) in [5, 5.41) is 10.7. The first-order valence-electron chi connectivity index (χ1n) is 44.8. The lowest BCUT2D eigenvalue weighted by Gasteiger charge is -2.21. The Labute approximate surface area is 651 Å². The molecule has 2 unspecified atom stereocenters. The van der Waals surface area contributed by atoms with Crippen LogP contribution in [0.4, 0.5) is 0 Å². The van der Waals surface area contributed by atoms with Gasteiger partial charge in [-0.2, -0.15) is 0 Å². The van der Waals surface area contributed by atoms with Gasteiger partial charge in [-0.1, -0.05) is 408 Å². The van der Waals surface area contributed by atoms with E-state index in [-0.39, 0.29) is 25.7 Å². The molecule has 0 aromatic rings. The van der Waals surface area contributed by atoms with Crippen LogP contribution >= 0.6 is 15.6 Å². The van der Waals surface area contributed by atoms with Gasteiger partial charge in [0.1, 0.15) is 19.3 Å². The normalized spacial score (nSPS) is 13.9. The average Bonchev–Trinajstić information content (AvgIpc) is 0.901. The summed E-state index contributed by atoms with van der Waals surface area (Å²) in [4.78, 5) is 73.3. The van der Waals surface area contributed by atoms with Crippen molar-refractivity contribution in [1.82, 2.24) is 0 Å². The van der Waals surface area contributed by atoms with Crippen molar-refractivity contribution in [1.29, 1.82) is 0 Å². The maximum Gasteiger partial charge on any atom is 0.472 e. The van der Waals surface area contributed by atoms with E-state index in [4.69, 9.17) is 37.0 Å². The largest absolute Gasteiger partial charge is 0.472 e. The number of unbranched alkanes of at least 4 members (excludes halogenated alkanes) is 53. The van der Waals surface area contributed by atoms with Crippen LogP contribution in [0.1, 0.15) is 459 Å². The molecule has 0 aliphatic rings. The van der Waals surface area contributed by atoms with Crippen molar-refractivity contribution in [3.63, 3.8) is 0 Å². The summed E-state index contributed by atoms with van der Waals surface area (Å²) in [5.41, 5.74) is 0.